The van der Waals surface area contributed by atoms with Crippen LogP contribution in [0.15, 0.2) is 30.7 Å². The van der Waals surface area contributed by atoms with E-state index in [9.17, 15) is 4.79 Å². The molecule has 2 aromatic heterocycles. The predicted octanol–water partition coefficient (Wildman–Crippen LogP) is 3.31. The summed E-state index contributed by atoms with van der Waals surface area (Å²) in [5.74, 6) is 2.23. The zero-order valence-corrected chi connectivity index (χ0v) is 16.7. The number of aromatic nitrogens is 3. The number of pyridine rings is 1. The zero-order chi connectivity index (χ0) is 19.3. The molecule has 150 valence electrons. The minimum absolute atomic E-state index is 0.182. The monoisotopic (exact) mass is 382 g/mol. The Morgan fingerprint density at radius 1 is 1.14 bits per heavy atom. The van der Waals surface area contributed by atoms with Crippen molar-refractivity contribution >= 4 is 5.91 Å². The minimum atomic E-state index is 0.182. The molecule has 2 aliphatic heterocycles. The van der Waals surface area contributed by atoms with Crippen LogP contribution in [0.2, 0.25) is 0 Å². The Hall–Kier alpha value is -2.21. The average Bonchev–Trinajstić information content (AvgIpc) is 3.13. The second-order valence-electron chi connectivity index (χ2n) is 8.05. The van der Waals surface area contributed by atoms with E-state index in [2.05, 4.69) is 26.4 Å². The molecule has 0 saturated carbocycles. The number of ether oxygens (including phenoxy) is 1. The van der Waals surface area contributed by atoms with Crippen LogP contribution in [-0.4, -0.2) is 51.6 Å². The van der Waals surface area contributed by atoms with E-state index in [1.807, 2.05) is 30.7 Å². The largest absolute Gasteiger partial charge is 0.381 e. The van der Waals surface area contributed by atoms with Crippen LogP contribution in [0.25, 0.3) is 11.4 Å². The zero-order valence-electron chi connectivity index (χ0n) is 16.7. The molecule has 0 aromatic carbocycles. The van der Waals surface area contributed by atoms with Gasteiger partial charge in [-0.1, -0.05) is 0 Å². The summed E-state index contributed by atoms with van der Waals surface area (Å²) >= 11 is 0. The van der Waals surface area contributed by atoms with Gasteiger partial charge in [-0.25, -0.2) is 4.98 Å². The van der Waals surface area contributed by atoms with Gasteiger partial charge in [0.25, 0.3) is 0 Å². The topological polar surface area (TPSA) is 60.2 Å². The number of carbonyl (C=O) groups is 1. The number of rotatable bonds is 5. The second-order valence-corrected chi connectivity index (χ2v) is 8.05. The molecule has 0 aliphatic carbocycles. The van der Waals surface area contributed by atoms with E-state index >= 15 is 0 Å². The fraction of sp³-hybridized carbons (Fsp3) is 0.591. The minimum Gasteiger partial charge on any atom is -0.381 e. The molecule has 4 heterocycles. The molecule has 2 aliphatic rings. The molecule has 0 radical (unpaired) electrons. The van der Waals surface area contributed by atoms with Crippen LogP contribution in [0.3, 0.4) is 0 Å². The molecule has 0 bridgehead atoms. The van der Waals surface area contributed by atoms with Gasteiger partial charge in [0, 0.05) is 68.6 Å². The summed E-state index contributed by atoms with van der Waals surface area (Å²) in [6.07, 6.45) is 10.7. The average molecular weight is 383 g/mol. The molecule has 0 atom stereocenters. The maximum atomic E-state index is 12.7. The highest BCUT2D eigenvalue weighted by atomic mass is 16.5. The van der Waals surface area contributed by atoms with Crippen LogP contribution < -0.4 is 0 Å². The van der Waals surface area contributed by atoms with E-state index in [1.54, 1.807) is 0 Å². The highest BCUT2D eigenvalue weighted by Crippen LogP contribution is 2.26. The van der Waals surface area contributed by atoms with Crippen molar-refractivity contribution in [2.24, 2.45) is 11.8 Å². The summed E-state index contributed by atoms with van der Waals surface area (Å²) < 4.78 is 7.71. The van der Waals surface area contributed by atoms with Crippen molar-refractivity contribution in [2.45, 2.75) is 45.6 Å². The molecule has 2 aromatic rings. The van der Waals surface area contributed by atoms with Crippen LogP contribution in [0.1, 0.15) is 37.8 Å². The molecule has 6 heteroatoms. The molecule has 2 fully saturated rings. The first kappa shape index (κ1) is 19.1. The third-order valence-electron chi connectivity index (χ3n) is 6.25. The summed E-state index contributed by atoms with van der Waals surface area (Å²) in [5.41, 5.74) is 2.30. The number of aryl methyl sites for hydroxylation is 1. The molecule has 0 N–H and O–H groups in total. The Kier molecular flexibility index (Phi) is 6.05. The molecule has 2 saturated heterocycles. The van der Waals surface area contributed by atoms with Crippen LogP contribution in [0, 0.1) is 18.8 Å². The number of hydrogen-bond donors (Lipinski definition) is 0. The van der Waals surface area contributed by atoms with E-state index in [-0.39, 0.29) is 5.92 Å². The first-order valence-corrected chi connectivity index (χ1v) is 10.5. The van der Waals surface area contributed by atoms with Gasteiger partial charge in [0.2, 0.25) is 5.91 Å². The molecule has 4 rings (SSSR count). The van der Waals surface area contributed by atoms with E-state index in [4.69, 9.17) is 4.74 Å². The summed E-state index contributed by atoms with van der Waals surface area (Å²) in [6.45, 7) is 6.37. The predicted molar refractivity (Wildman–Crippen MR) is 108 cm³/mol. The van der Waals surface area contributed by atoms with Gasteiger partial charge in [0.15, 0.2) is 0 Å². The number of amides is 1. The standard InChI is InChI=1S/C22H30N4O2/c1-17-16-24-21(19-2-9-23-10-3-19)26(17)13-6-18-4-11-25(12-5-18)22(27)20-7-14-28-15-8-20/h2-3,9-10,16,18,20H,4-8,11-15H2,1H3. The maximum absolute atomic E-state index is 12.7. The van der Waals surface area contributed by atoms with E-state index in [0.29, 0.717) is 11.8 Å². The van der Waals surface area contributed by atoms with Gasteiger partial charge in [-0.15, -0.1) is 0 Å². The third-order valence-corrected chi connectivity index (χ3v) is 6.25. The maximum Gasteiger partial charge on any atom is 0.225 e. The quantitative estimate of drug-likeness (QED) is 0.796. The Morgan fingerprint density at radius 2 is 1.86 bits per heavy atom. The fourth-order valence-electron chi connectivity index (χ4n) is 4.43. The van der Waals surface area contributed by atoms with Crippen LogP contribution >= 0.6 is 0 Å². The van der Waals surface area contributed by atoms with Crippen molar-refractivity contribution in [3.05, 3.63) is 36.4 Å². The van der Waals surface area contributed by atoms with Gasteiger partial charge in [0.1, 0.15) is 5.82 Å². The molecule has 0 unspecified atom stereocenters. The lowest BCUT2D eigenvalue weighted by molar-refractivity contribution is -0.140. The summed E-state index contributed by atoms with van der Waals surface area (Å²) in [6, 6.07) is 4.03. The first-order chi connectivity index (χ1) is 13.7. The van der Waals surface area contributed by atoms with Crippen molar-refractivity contribution in [3.63, 3.8) is 0 Å². The van der Waals surface area contributed by atoms with E-state index in [1.165, 1.54) is 5.69 Å². The molecule has 28 heavy (non-hydrogen) atoms. The van der Waals surface area contributed by atoms with Gasteiger partial charge in [0.05, 0.1) is 0 Å². The lowest BCUT2D eigenvalue weighted by atomic mass is 9.91. The normalized spacial score (nSPS) is 19.1. The van der Waals surface area contributed by atoms with E-state index in [0.717, 1.165) is 76.3 Å². The number of carbonyl (C=O) groups excluding carboxylic acids is 1. The van der Waals surface area contributed by atoms with Crippen molar-refractivity contribution in [3.8, 4) is 11.4 Å². The molecule has 0 spiro atoms. The van der Waals surface area contributed by atoms with Crippen LogP contribution in [-0.2, 0) is 16.1 Å². The third kappa shape index (κ3) is 4.27. The lowest BCUT2D eigenvalue weighted by Crippen LogP contribution is -2.43. The van der Waals surface area contributed by atoms with Crippen molar-refractivity contribution in [1.29, 1.82) is 0 Å². The number of imidazole rings is 1. The number of likely N-dealkylation sites (tertiary alicyclic amines) is 1. The van der Waals surface area contributed by atoms with Gasteiger partial charge in [-0.2, -0.15) is 0 Å². The summed E-state index contributed by atoms with van der Waals surface area (Å²) in [4.78, 5) is 23.5. The molecular formula is C22H30N4O2. The molecular weight excluding hydrogens is 352 g/mol. The summed E-state index contributed by atoms with van der Waals surface area (Å²) in [7, 11) is 0. The van der Waals surface area contributed by atoms with Gasteiger partial charge < -0.3 is 14.2 Å². The van der Waals surface area contributed by atoms with Crippen molar-refractivity contribution < 1.29 is 9.53 Å². The number of hydrogen-bond acceptors (Lipinski definition) is 4. The van der Waals surface area contributed by atoms with Gasteiger partial charge in [-0.05, 0) is 57.1 Å². The first-order valence-electron chi connectivity index (χ1n) is 10.5. The second kappa shape index (κ2) is 8.86. The Morgan fingerprint density at radius 3 is 2.57 bits per heavy atom. The van der Waals surface area contributed by atoms with Gasteiger partial charge >= 0.3 is 0 Å². The highest BCUT2D eigenvalue weighted by molar-refractivity contribution is 5.79. The molecule has 1 amide bonds. The van der Waals surface area contributed by atoms with Crippen molar-refractivity contribution in [2.75, 3.05) is 26.3 Å². The highest BCUT2D eigenvalue weighted by Gasteiger charge is 2.29. The van der Waals surface area contributed by atoms with Crippen LogP contribution in [0.4, 0.5) is 0 Å². The molecule has 6 nitrogen and oxygen atoms in total. The number of piperidine rings is 1. The Bertz CT molecular complexity index is 775. The Labute approximate surface area is 166 Å². The summed E-state index contributed by atoms with van der Waals surface area (Å²) in [5, 5.41) is 0. The van der Waals surface area contributed by atoms with Crippen molar-refractivity contribution in [1.82, 2.24) is 19.4 Å². The SMILES string of the molecule is Cc1cnc(-c2ccncc2)n1CCC1CCN(C(=O)C2CCOCC2)CC1. The fourth-order valence-corrected chi connectivity index (χ4v) is 4.43. The Balaban J connectivity index is 1.30. The van der Waals surface area contributed by atoms with Gasteiger partial charge in [-0.3, -0.25) is 9.78 Å². The lowest BCUT2D eigenvalue weighted by Gasteiger charge is -2.35. The smallest absolute Gasteiger partial charge is 0.225 e. The van der Waals surface area contributed by atoms with Crippen LogP contribution in [0.5, 0.6) is 0 Å². The number of nitrogens with zero attached hydrogens (tertiary/aromatic N) is 4. The van der Waals surface area contributed by atoms with E-state index < -0.39 is 0 Å².